The Morgan fingerprint density at radius 1 is 1.30 bits per heavy atom. The van der Waals surface area contributed by atoms with Gasteiger partial charge < -0.3 is 5.32 Å². The van der Waals surface area contributed by atoms with Gasteiger partial charge in [0.15, 0.2) is 11.6 Å². The summed E-state index contributed by atoms with van der Waals surface area (Å²) >= 11 is 3.15. The summed E-state index contributed by atoms with van der Waals surface area (Å²) in [4.78, 5) is 14.0. The van der Waals surface area contributed by atoms with Crippen molar-refractivity contribution in [2.75, 3.05) is 5.32 Å². The third kappa shape index (κ3) is 3.08. The number of pyridine rings is 1. The first-order valence-electron chi connectivity index (χ1n) is 5.44. The van der Waals surface area contributed by atoms with Crippen molar-refractivity contribution in [3.8, 4) is 0 Å². The minimum absolute atomic E-state index is 0.112. The van der Waals surface area contributed by atoms with Crippen LogP contribution in [0.1, 0.15) is 5.56 Å². The molecule has 104 valence electrons. The van der Waals surface area contributed by atoms with E-state index < -0.39 is 16.6 Å². The Labute approximate surface area is 120 Å². The number of nitrogens with one attached hydrogen (secondary N) is 1. The number of hydrogen-bond acceptors (Lipinski definition) is 4. The fourth-order valence-electron chi connectivity index (χ4n) is 1.58. The lowest BCUT2D eigenvalue weighted by Gasteiger charge is -2.09. The van der Waals surface area contributed by atoms with Crippen molar-refractivity contribution >= 4 is 27.3 Å². The van der Waals surface area contributed by atoms with Crippen LogP contribution in [-0.4, -0.2) is 9.91 Å². The lowest BCUT2D eigenvalue weighted by Crippen LogP contribution is -2.04. The van der Waals surface area contributed by atoms with Gasteiger partial charge in [-0.1, -0.05) is 6.07 Å². The number of halogens is 3. The number of anilines is 1. The third-order valence-electron chi connectivity index (χ3n) is 2.53. The van der Waals surface area contributed by atoms with Crippen molar-refractivity contribution in [3.63, 3.8) is 0 Å². The predicted molar refractivity (Wildman–Crippen MR) is 72.3 cm³/mol. The van der Waals surface area contributed by atoms with Crippen LogP contribution in [0.2, 0.25) is 0 Å². The molecular weight excluding hydrogens is 336 g/mol. The molecule has 8 heteroatoms. The molecule has 0 atom stereocenters. The molecule has 0 aliphatic carbocycles. The minimum Gasteiger partial charge on any atom is -0.374 e. The highest BCUT2D eigenvalue weighted by atomic mass is 79.9. The molecule has 1 N–H and O–H groups in total. The van der Waals surface area contributed by atoms with Gasteiger partial charge in [0.25, 0.3) is 0 Å². The number of nitro groups is 1. The van der Waals surface area contributed by atoms with Crippen molar-refractivity contribution in [2.45, 2.75) is 6.54 Å². The molecule has 0 radical (unpaired) electrons. The molecule has 0 spiro atoms. The first-order valence-corrected chi connectivity index (χ1v) is 6.24. The summed E-state index contributed by atoms with van der Waals surface area (Å²) in [5.74, 6) is -1.91. The Kier molecular flexibility index (Phi) is 4.23. The SMILES string of the molecule is O=[N+]([O-])c1cncc(Br)c1NCc1ccc(F)c(F)c1. The molecule has 0 unspecified atom stereocenters. The van der Waals surface area contributed by atoms with E-state index in [1.807, 2.05) is 0 Å². The molecule has 1 heterocycles. The summed E-state index contributed by atoms with van der Waals surface area (Å²) < 4.78 is 26.3. The van der Waals surface area contributed by atoms with Gasteiger partial charge in [-0.3, -0.25) is 15.1 Å². The Bertz CT molecular complexity index is 667. The maximum Gasteiger partial charge on any atom is 0.311 e. The zero-order valence-corrected chi connectivity index (χ0v) is 11.5. The van der Waals surface area contributed by atoms with E-state index in [4.69, 9.17) is 0 Å². The molecule has 0 aliphatic rings. The van der Waals surface area contributed by atoms with Gasteiger partial charge in [0.2, 0.25) is 0 Å². The highest BCUT2D eigenvalue weighted by molar-refractivity contribution is 9.10. The number of rotatable bonds is 4. The molecule has 0 saturated carbocycles. The smallest absolute Gasteiger partial charge is 0.311 e. The average molecular weight is 344 g/mol. The first kappa shape index (κ1) is 14.3. The summed E-state index contributed by atoms with van der Waals surface area (Å²) in [5, 5.41) is 13.7. The molecule has 5 nitrogen and oxygen atoms in total. The van der Waals surface area contributed by atoms with Crippen LogP contribution in [-0.2, 0) is 6.54 Å². The van der Waals surface area contributed by atoms with Gasteiger partial charge in [0.1, 0.15) is 11.9 Å². The van der Waals surface area contributed by atoms with E-state index in [2.05, 4.69) is 26.2 Å². The number of aromatic nitrogens is 1. The van der Waals surface area contributed by atoms with Gasteiger partial charge in [0, 0.05) is 12.7 Å². The zero-order chi connectivity index (χ0) is 14.7. The van der Waals surface area contributed by atoms with Crippen LogP contribution in [0.5, 0.6) is 0 Å². The predicted octanol–water partition coefficient (Wildman–Crippen LogP) is 3.64. The van der Waals surface area contributed by atoms with Gasteiger partial charge in [0.05, 0.1) is 9.40 Å². The Morgan fingerprint density at radius 3 is 2.70 bits per heavy atom. The second kappa shape index (κ2) is 5.91. The fourth-order valence-corrected chi connectivity index (χ4v) is 2.04. The zero-order valence-electron chi connectivity index (χ0n) is 9.94. The standard InChI is InChI=1S/C12H8BrF2N3O2/c13-8-5-16-6-11(18(19)20)12(8)17-4-7-1-2-9(14)10(15)3-7/h1-3,5-6H,4H2,(H,16,17). The quantitative estimate of drug-likeness (QED) is 0.679. The van der Waals surface area contributed by atoms with Crippen molar-refractivity contribution in [2.24, 2.45) is 0 Å². The molecule has 0 amide bonds. The second-order valence-corrected chi connectivity index (χ2v) is 4.73. The first-order chi connectivity index (χ1) is 9.49. The van der Waals surface area contributed by atoms with E-state index in [-0.39, 0.29) is 17.9 Å². The van der Waals surface area contributed by atoms with Crippen molar-refractivity contribution < 1.29 is 13.7 Å². The average Bonchev–Trinajstić information content (AvgIpc) is 2.40. The lowest BCUT2D eigenvalue weighted by atomic mass is 10.2. The van der Waals surface area contributed by atoms with Crippen LogP contribution in [0.25, 0.3) is 0 Å². The van der Waals surface area contributed by atoms with Gasteiger partial charge in [-0.15, -0.1) is 0 Å². The van der Waals surface area contributed by atoms with Crippen molar-refractivity contribution in [3.05, 3.63) is 62.4 Å². The maximum atomic E-state index is 13.1. The molecule has 0 bridgehead atoms. The molecule has 2 aromatic rings. The van der Waals surface area contributed by atoms with Crippen molar-refractivity contribution in [1.82, 2.24) is 4.98 Å². The van der Waals surface area contributed by atoms with Gasteiger partial charge in [-0.2, -0.15) is 0 Å². The number of hydrogen-bond donors (Lipinski definition) is 1. The normalized spacial score (nSPS) is 10.3. The summed E-state index contributed by atoms with van der Waals surface area (Å²) in [6.45, 7) is 0.112. The summed E-state index contributed by atoms with van der Waals surface area (Å²) in [7, 11) is 0. The highest BCUT2D eigenvalue weighted by Gasteiger charge is 2.17. The summed E-state index contributed by atoms with van der Waals surface area (Å²) in [5.41, 5.74) is 0.485. The van der Waals surface area contributed by atoms with E-state index in [1.165, 1.54) is 12.3 Å². The number of nitrogens with zero attached hydrogens (tertiary/aromatic N) is 2. The van der Waals surface area contributed by atoms with Crippen LogP contribution < -0.4 is 5.32 Å². The molecule has 0 saturated heterocycles. The lowest BCUT2D eigenvalue weighted by molar-refractivity contribution is -0.384. The Hall–Kier alpha value is -2.09. The fraction of sp³-hybridized carbons (Fsp3) is 0.0833. The van der Waals surface area contributed by atoms with Crippen LogP contribution in [0.3, 0.4) is 0 Å². The van der Waals surface area contributed by atoms with Crippen molar-refractivity contribution in [1.29, 1.82) is 0 Å². The molecule has 20 heavy (non-hydrogen) atoms. The minimum atomic E-state index is -0.965. The Morgan fingerprint density at radius 2 is 2.05 bits per heavy atom. The molecule has 1 aromatic carbocycles. The highest BCUT2D eigenvalue weighted by Crippen LogP contribution is 2.31. The number of benzene rings is 1. The third-order valence-corrected chi connectivity index (χ3v) is 3.13. The van der Waals surface area contributed by atoms with Gasteiger partial charge >= 0.3 is 5.69 Å². The maximum absolute atomic E-state index is 13.1. The van der Waals surface area contributed by atoms with E-state index in [0.29, 0.717) is 10.0 Å². The van der Waals surface area contributed by atoms with Crippen LogP contribution in [0.4, 0.5) is 20.2 Å². The Balaban J connectivity index is 2.22. The van der Waals surface area contributed by atoms with E-state index >= 15 is 0 Å². The van der Waals surface area contributed by atoms with E-state index in [0.717, 1.165) is 18.3 Å². The largest absolute Gasteiger partial charge is 0.374 e. The van der Waals surface area contributed by atoms with Gasteiger partial charge in [-0.25, -0.2) is 8.78 Å². The van der Waals surface area contributed by atoms with E-state index in [1.54, 1.807) is 0 Å². The van der Waals surface area contributed by atoms with Crippen LogP contribution in [0, 0.1) is 21.7 Å². The van der Waals surface area contributed by atoms with Crippen LogP contribution in [0.15, 0.2) is 35.1 Å². The second-order valence-electron chi connectivity index (χ2n) is 3.87. The molecule has 2 rings (SSSR count). The molecule has 0 fully saturated rings. The summed E-state index contributed by atoms with van der Waals surface area (Å²) in [6.07, 6.45) is 2.51. The molecule has 0 aliphatic heterocycles. The monoisotopic (exact) mass is 343 g/mol. The van der Waals surface area contributed by atoms with E-state index in [9.17, 15) is 18.9 Å². The topological polar surface area (TPSA) is 68.1 Å². The molecular formula is C12H8BrF2N3O2. The van der Waals surface area contributed by atoms with Crippen LogP contribution >= 0.6 is 15.9 Å². The molecule has 1 aromatic heterocycles. The summed E-state index contributed by atoms with van der Waals surface area (Å²) in [6, 6.07) is 3.43. The van der Waals surface area contributed by atoms with Gasteiger partial charge in [-0.05, 0) is 33.6 Å².